The fourth-order valence-corrected chi connectivity index (χ4v) is 5.24. The van der Waals surface area contributed by atoms with Gasteiger partial charge in [-0.15, -0.1) is 0 Å². The minimum Gasteiger partial charge on any atom is -0.507 e. The molecule has 1 saturated heterocycles. The number of nitro groups is 1. The molecule has 4 rings (SSSR count). The van der Waals surface area contributed by atoms with Crippen LogP contribution in [0.3, 0.4) is 0 Å². The minimum atomic E-state index is -1.17. The molecule has 1 N–H and O–H groups in total. The number of carbonyl (C=O) groups excluding carboxylic acids is 3. The highest BCUT2D eigenvalue weighted by Gasteiger charge is 2.48. The first kappa shape index (κ1) is 27.5. The third-order valence-corrected chi connectivity index (χ3v) is 7.17. The third kappa shape index (κ3) is 5.10. The Morgan fingerprint density at radius 3 is 2.38 bits per heavy atom. The van der Waals surface area contributed by atoms with Crippen molar-refractivity contribution in [1.82, 2.24) is 4.98 Å². The number of non-ortho nitro benzene ring substituents is 1. The molecule has 0 radical (unpaired) electrons. The Balaban J connectivity index is 1.91. The van der Waals surface area contributed by atoms with Crippen molar-refractivity contribution in [3.8, 4) is 5.75 Å². The van der Waals surface area contributed by atoms with Gasteiger partial charge in [-0.3, -0.25) is 24.6 Å². The second-order valence-electron chi connectivity index (χ2n) is 9.07. The summed E-state index contributed by atoms with van der Waals surface area (Å²) in [4.78, 5) is 55.2. The second-order valence-corrected chi connectivity index (χ2v) is 10.0. The number of hydrogen-bond donors (Lipinski definition) is 1. The highest BCUT2D eigenvalue weighted by molar-refractivity contribution is 7.17. The monoisotopic (exact) mass is 551 g/mol. The van der Waals surface area contributed by atoms with Gasteiger partial charge in [0, 0.05) is 17.7 Å². The molecular formula is C27H25N3O8S. The lowest BCUT2D eigenvalue weighted by Crippen LogP contribution is -2.29. The first-order valence-corrected chi connectivity index (χ1v) is 12.6. The zero-order valence-electron chi connectivity index (χ0n) is 21.8. The highest BCUT2D eigenvalue weighted by atomic mass is 32.1. The van der Waals surface area contributed by atoms with Crippen LogP contribution in [0, 0.1) is 24.0 Å². The van der Waals surface area contributed by atoms with E-state index < -0.39 is 34.4 Å². The van der Waals surface area contributed by atoms with E-state index in [2.05, 4.69) is 4.98 Å². The van der Waals surface area contributed by atoms with Crippen LogP contribution in [0.2, 0.25) is 0 Å². The van der Waals surface area contributed by atoms with Gasteiger partial charge in [-0.1, -0.05) is 11.3 Å². The number of aliphatic hydroxyl groups is 1. The molecule has 39 heavy (non-hydrogen) atoms. The number of thiazole rings is 1. The number of rotatable bonds is 7. The van der Waals surface area contributed by atoms with E-state index in [1.807, 2.05) is 13.8 Å². The van der Waals surface area contributed by atoms with Crippen LogP contribution in [0.15, 0.2) is 48.0 Å². The number of carbonyl (C=O) groups is 3. The average Bonchev–Trinajstić information content (AvgIpc) is 3.40. The summed E-state index contributed by atoms with van der Waals surface area (Å²) in [5, 5.41) is 22.6. The number of benzene rings is 2. The molecule has 0 saturated carbocycles. The Kier molecular flexibility index (Phi) is 7.50. The van der Waals surface area contributed by atoms with Crippen LogP contribution in [0.1, 0.15) is 51.9 Å². The van der Waals surface area contributed by atoms with Crippen molar-refractivity contribution in [3.05, 3.63) is 85.4 Å². The lowest BCUT2D eigenvalue weighted by Gasteiger charge is -2.23. The SMILES string of the molecule is COC(=O)c1sc(N2C(=O)C(=O)/C(=C(/O)c3ccc(OC(C)C)c(C)c3)[C@H]2c2ccc([N+](=O)[O-])cc2)nc1C. The van der Waals surface area contributed by atoms with Gasteiger partial charge in [0.25, 0.3) is 11.5 Å². The van der Waals surface area contributed by atoms with E-state index in [1.54, 1.807) is 32.0 Å². The van der Waals surface area contributed by atoms with Gasteiger partial charge < -0.3 is 14.6 Å². The van der Waals surface area contributed by atoms with E-state index in [0.717, 1.165) is 16.2 Å². The number of esters is 1. The smallest absolute Gasteiger partial charge is 0.350 e. The van der Waals surface area contributed by atoms with E-state index in [1.165, 1.54) is 31.4 Å². The molecule has 11 nitrogen and oxygen atoms in total. The lowest BCUT2D eigenvalue weighted by molar-refractivity contribution is -0.384. The van der Waals surface area contributed by atoms with E-state index in [9.17, 15) is 29.6 Å². The van der Waals surface area contributed by atoms with Gasteiger partial charge in [-0.2, -0.15) is 0 Å². The van der Waals surface area contributed by atoms with Crippen molar-refractivity contribution >= 4 is 45.6 Å². The van der Waals surface area contributed by atoms with Crippen LogP contribution in [0.4, 0.5) is 10.8 Å². The van der Waals surface area contributed by atoms with Crippen LogP contribution in [-0.2, 0) is 14.3 Å². The summed E-state index contributed by atoms with van der Waals surface area (Å²) in [5.41, 5.74) is 1.18. The molecular weight excluding hydrogens is 526 g/mol. The number of hydrogen-bond acceptors (Lipinski definition) is 10. The molecule has 0 spiro atoms. The Hall–Kier alpha value is -4.58. The molecule has 0 bridgehead atoms. The average molecular weight is 552 g/mol. The van der Waals surface area contributed by atoms with Gasteiger partial charge in [0.05, 0.1) is 35.4 Å². The van der Waals surface area contributed by atoms with Crippen LogP contribution in [-0.4, -0.2) is 45.9 Å². The van der Waals surface area contributed by atoms with Gasteiger partial charge in [0.15, 0.2) is 5.13 Å². The number of nitrogens with zero attached hydrogens (tertiary/aromatic N) is 3. The van der Waals surface area contributed by atoms with Crippen molar-refractivity contribution in [1.29, 1.82) is 0 Å². The Morgan fingerprint density at radius 1 is 1.15 bits per heavy atom. The molecule has 0 unspecified atom stereocenters. The molecule has 1 aliphatic rings. The van der Waals surface area contributed by atoms with Gasteiger partial charge in [-0.25, -0.2) is 9.78 Å². The van der Waals surface area contributed by atoms with Crippen molar-refractivity contribution in [2.24, 2.45) is 0 Å². The quantitative estimate of drug-likeness (QED) is 0.108. The number of ether oxygens (including phenoxy) is 2. The highest BCUT2D eigenvalue weighted by Crippen LogP contribution is 2.44. The summed E-state index contributed by atoms with van der Waals surface area (Å²) < 4.78 is 10.5. The Morgan fingerprint density at radius 2 is 1.82 bits per heavy atom. The minimum absolute atomic E-state index is 0.0364. The standard InChI is InChI=1S/C27H25N3O8S/c1-13(2)38-19-11-8-17(12-14(19)3)22(31)20-21(16-6-9-18(10-7-16)30(35)36)29(25(33)23(20)32)27-28-15(4)24(39-27)26(34)37-5/h6-13,21,31H,1-5H3/b22-20+/t21-/m1/s1. The van der Waals surface area contributed by atoms with Gasteiger partial charge in [0.1, 0.15) is 16.4 Å². The maximum Gasteiger partial charge on any atom is 0.350 e. The normalized spacial score (nSPS) is 16.6. The topological polar surface area (TPSA) is 149 Å². The molecule has 3 aromatic rings. The Bertz CT molecular complexity index is 1520. The zero-order valence-corrected chi connectivity index (χ0v) is 22.6. The van der Waals surface area contributed by atoms with E-state index in [4.69, 9.17) is 9.47 Å². The number of ketones is 1. The first-order chi connectivity index (χ1) is 18.4. The van der Waals surface area contributed by atoms with Crippen LogP contribution < -0.4 is 9.64 Å². The summed E-state index contributed by atoms with van der Waals surface area (Å²) >= 11 is 0.860. The van der Waals surface area contributed by atoms with Crippen molar-refractivity contribution in [2.75, 3.05) is 12.0 Å². The molecule has 2 heterocycles. The number of nitro benzene ring substituents is 1. The van der Waals surface area contributed by atoms with Crippen LogP contribution in [0.5, 0.6) is 5.75 Å². The summed E-state index contributed by atoms with van der Waals surface area (Å²) in [5.74, 6) is -2.42. The number of methoxy groups -OCH3 is 1. The number of aliphatic hydroxyl groups excluding tert-OH is 1. The van der Waals surface area contributed by atoms with Crippen molar-refractivity contribution in [3.63, 3.8) is 0 Å². The van der Waals surface area contributed by atoms with Gasteiger partial charge >= 0.3 is 11.9 Å². The van der Waals surface area contributed by atoms with Crippen molar-refractivity contribution < 1.29 is 33.9 Å². The van der Waals surface area contributed by atoms with Crippen LogP contribution >= 0.6 is 11.3 Å². The first-order valence-electron chi connectivity index (χ1n) is 11.8. The summed E-state index contributed by atoms with van der Waals surface area (Å²) in [7, 11) is 1.21. The zero-order chi connectivity index (χ0) is 28.6. The molecule has 1 atom stereocenters. The molecule has 1 fully saturated rings. The third-order valence-electron chi connectivity index (χ3n) is 6.04. The van der Waals surface area contributed by atoms with Crippen LogP contribution in [0.25, 0.3) is 5.76 Å². The number of aryl methyl sites for hydroxylation is 2. The maximum absolute atomic E-state index is 13.4. The molecule has 202 valence electrons. The number of aromatic nitrogens is 1. The fraction of sp³-hybridized carbons (Fsp3) is 0.259. The molecule has 1 amide bonds. The molecule has 12 heteroatoms. The maximum atomic E-state index is 13.4. The number of anilines is 1. The predicted molar refractivity (Wildman–Crippen MR) is 143 cm³/mol. The molecule has 2 aromatic carbocycles. The summed E-state index contributed by atoms with van der Waals surface area (Å²) in [6, 6.07) is 8.99. The summed E-state index contributed by atoms with van der Waals surface area (Å²) in [6.07, 6.45) is -0.0766. The van der Waals surface area contributed by atoms with Gasteiger partial charge in [0.2, 0.25) is 0 Å². The van der Waals surface area contributed by atoms with E-state index in [0.29, 0.717) is 22.6 Å². The molecule has 0 aliphatic carbocycles. The number of Topliss-reactive ketones (excluding diaryl/α,β-unsaturated/α-hetero) is 1. The van der Waals surface area contributed by atoms with Crippen molar-refractivity contribution in [2.45, 2.75) is 39.8 Å². The van der Waals surface area contributed by atoms with Gasteiger partial charge in [-0.05, 0) is 69.2 Å². The lowest BCUT2D eigenvalue weighted by atomic mass is 9.94. The van der Waals surface area contributed by atoms with E-state index in [-0.39, 0.29) is 32.9 Å². The number of amides is 1. The fourth-order valence-electron chi connectivity index (χ4n) is 4.23. The predicted octanol–water partition coefficient (Wildman–Crippen LogP) is 4.87. The second kappa shape index (κ2) is 10.7. The summed E-state index contributed by atoms with van der Waals surface area (Å²) in [6.45, 7) is 7.11. The molecule has 1 aliphatic heterocycles. The largest absolute Gasteiger partial charge is 0.507 e. The van der Waals surface area contributed by atoms with E-state index >= 15 is 0 Å². The molecule has 1 aromatic heterocycles. The Labute approximate surface area is 227 Å².